The molecule has 0 saturated heterocycles. The van der Waals surface area contributed by atoms with Crippen LogP contribution in [0.4, 0.5) is 10.1 Å². The lowest BCUT2D eigenvalue weighted by Gasteiger charge is -2.28. The minimum absolute atomic E-state index is 0. The van der Waals surface area contributed by atoms with Crippen molar-refractivity contribution in [3.05, 3.63) is 23.5 Å². The van der Waals surface area contributed by atoms with Crippen molar-refractivity contribution in [2.45, 2.75) is 26.8 Å². The molecular weight excluding hydrogens is 231 g/mol. The van der Waals surface area contributed by atoms with Gasteiger partial charge in [-0.3, -0.25) is 0 Å². The van der Waals surface area contributed by atoms with Gasteiger partial charge in [-0.05, 0) is 11.5 Å². The number of aromatic hydroxyl groups is 1. The lowest BCUT2D eigenvalue weighted by Crippen LogP contribution is -2.26. The molecule has 0 aliphatic rings. The van der Waals surface area contributed by atoms with Crippen molar-refractivity contribution in [3.8, 4) is 5.75 Å². The average Bonchev–Trinajstić information content (AvgIpc) is 2.08. The van der Waals surface area contributed by atoms with Crippen molar-refractivity contribution in [1.82, 2.24) is 0 Å². The van der Waals surface area contributed by atoms with Crippen molar-refractivity contribution in [3.63, 3.8) is 0 Å². The summed E-state index contributed by atoms with van der Waals surface area (Å²) >= 11 is 0. The van der Waals surface area contributed by atoms with Gasteiger partial charge in [-0.25, -0.2) is 4.39 Å². The fourth-order valence-corrected chi connectivity index (χ4v) is 1.35. The van der Waals surface area contributed by atoms with E-state index in [1.807, 2.05) is 20.8 Å². The van der Waals surface area contributed by atoms with Gasteiger partial charge in [0, 0.05) is 17.7 Å². The number of hydrogen-bond donors (Lipinski definition) is 3. The summed E-state index contributed by atoms with van der Waals surface area (Å²) < 4.78 is 13.1. The van der Waals surface area contributed by atoms with Crippen LogP contribution in [0.1, 0.15) is 32.4 Å². The first-order valence-corrected chi connectivity index (χ1v) is 4.77. The zero-order valence-electron chi connectivity index (χ0n) is 9.62. The molecule has 0 heterocycles. The first-order valence-electron chi connectivity index (χ1n) is 4.77. The van der Waals surface area contributed by atoms with E-state index in [0.29, 0.717) is 5.56 Å². The van der Waals surface area contributed by atoms with Gasteiger partial charge in [0.15, 0.2) is 0 Å². The molecule has 1 aromatic carbocycles. The minimum Gasteiger partial charge on any atom is -0.505 e. The molecule has 0 radical (unpaired) electrons. The highest BCUT2D eigenvalue weighted by Gasteiger charge is 2.26. The molecule has 0 saturated carbocycles. The molecule has 0 bridgehead atoms. The lowest BCUT2D eigenvalue weighted by molar-refractivity contribution is 0.317. The van der Waals surface area contributed by atoms with Crippen LogP contribution in [0.2, 0.25) is 0 Å². The van der Waals surface area contributed by atoms with E-state index in [9.17, 15) is 9.50 Å². The van der Waals surface area contributed by atoms with Crippen molar-refractivity contribution < 1.29 is 9.50 Å². The fourth-order valence-electron chi connectivity index (χ4n) is 1.35. The number of nitrogens with two attached hydrogens (primary N) is 2. The smallest absolute Gasteiger partial charge is 0.143 e. The summed E-state index contributed by atoms with van der Waals surface area (Å²) in [5.74, 6) is -0.612. The fraction of sp³-hybridized carbons (Fsp3) is 0.455. The van der Waals surface area contributed by atoms with Crippen LogP contribution in [0, 0.1) is 11.2 Å². The molecular formula is C11H18ClFN2O. The van der Waals surface area contributed by atoms with Crippen LogP contribution in [0.15, 0.2) is 12.1 Å². The molecule has 1 atom stereocenters. The number of hydrogen-bond acceptors (Lipinski definition) is 3. The summed E-state index contributed by atoms with van der Waals surface area (Å²) in [4.78, 5) is 0. The van der Waals surface area contributed by atoms with Crippen LogP contribution in [-0.2, 0) is 0 Å². The zero-order chi connectivity index (χ0) is 11.8. The van der Waals surface area contributed by atoms with E-state index in [1.54, 1.807) is 0 Å². The molecule has 0 aliphatic heterocycles. The summed E-state index contributed by atoms with van der Waals surface area (Å²) in [7, 11) is 0. The molecule has 5 heteroatoms. The van der Waals surface area contributed by atoms with E-state index in [-0.39, 0.29) is 29.3 Å². The Hall–Kier alpha value is -1.000. The Labute approximate surface area is 101 Å². The second-order valence-electron chi connectivity index (χ2n) is 4.78. The number of phenols is 1. The number of nitrogen functional groups attached to an aromatic ring is 1. The summed E-state index contributed by atoms with van der Waals surface area (Å²) in [5, 5.41) is 9.68. The van der Waals surface area contributed by atoms with Gasteiger partial charge in [0.1, 0.15) is 11.6 Å². The highest BCUT2D eigenvalue weighted by atomic mass is 35.5. The van der Waals surface area contributed by atoms with E-state index in [0.717, 1.165) is 6.07 Å². The van der Waals surface area contributed by atoms with Gasteiger partial charge in [-0.1, -0.05) is 20.8 Å². The standard InChI is InChI=1S/C11H17FN2O.ClH/c1-11(2,3)10(14)7-4-6(12)5-8(13)9(7)15;/h4-5,10,15H,13-14H2,1-3H3;1H/t10-;/m0./s1. The molecule has 16 heavy (non-hydrogen) atoms. The summed E-state index contributed by atoms with van der Waals surface area (Å²) in [6, 6.07) is 1.84. The predicted octanol–water partition coefficient (Wildman–Crippen LogP) is 2.58. The first-order chi connectivity index (χ1) is 6.73. The third-order valence-corrected chi connectivity index (χ3v) is 2.40. The quantitative estimate of drug-likeness (QED) is 0.528. The monoisotopic (exact) mass is 248 g/mol. The maximum absolute atomic E-state index is 13.1. The Balaban J connectivity index is 0.00000225. The van der Waals surface area contributed by atoms with Crippen LogP contribution in [0.5, 0.6) is 5.75 Å². The Kier molecular flexibility index (Phi) is 4.58. The van der Waals surface area contributed by atoms with E-state index >= 15 is 0 Å². The normalized spacial score (nSPS) is 13.1. The Morgan fingerprint density at radius 2 is 1.81 bits per heavy atom. The average molecular weight is 249 g/mol. The maximum Gasteiger partial charge on any atom is 0.143 e. The lowest BCUT2D eigenvalue weighted by atomic mass is 9.82. The topological polar surface area (TPSA) is 72.3 Å². The van der Waals surface area contributed by atoms with Crippen molar-refractivity contribution in [2.24, 2.45) is 11.1 Å². The number of anilines is 1. The Morgan fingerprint density at radius 3 is 2.25 bits per heavy atom. The molecule has 1 aromatic rings. The van der Waals surface area contributed by atoms with Crippen molar-refractivity contribution in [2.75, 3.05) is 5.73 Å². The van der Waals surface area contributed by atoms with Crippen molar-refractivity contribution in [1.29, 1.82) is 0 Å². The molecule has 0 spiro atoms. The van der Waals surface area contributed by atoms with Gasteiger partial charge in [0.25, 0.3) is 0 Å². The highest BCUT2D eigenvalue weighted by molar-refractivity contribution is 5.85. The van der Waals surface area contributed by atoms with Crippen LogP contribution < -0.4 is 11.5 Å². The number of halogens is 2. The van der Waals surface area contributed by atoms with Crippen LogP contribution in [0.25, 0.3) is 0 Å². The van der Waals surface area contributed by atoms with Gasteiger partial charge in [0.2, 0.25) is 0 Å². The van der Waals surface area contributed by atoms with Crippen LogP contribution in [-0.4, -0.2) is 5.11 Å². The van der Waals surface area contributed by atoms with Gasteiger partial charge < -0.3 is 16.6 Å². The molecule has 92 valence electrons. The second-order valence-corrected chi connectivity index (χ2v) is 4.78. The molecule has 3 nitrogen and oxygen atoms in total. The van der Waals surface area contributed by atoms with Gasteiger partial charge >= 0.3 is 0 Å². The molecule has 0 fully saturated rings. The Bertz CT molecular complexity index is 377. The summed E-state index contributed by atoms with van der Waals surface area (Å²) in [6.45, 7) is 5.74. The summed E-state index contributed by atoms with van der Waals surface area (Å²) in [5.41, 5.74) is 11.5. The molecule has 0 aliphatic carbocycles. The van der Waals surface area contributed by atoms with Gasteiger partial charge in [-0.15, -0.1) is 12.4 Å². The van der Waals surface area contributed by atoms with E-state index < -0.39 is 11.9 Å². The largest absolute Gasteiger partial charge is 0.505 e. The van der Waals surface area contributed by atoms with E-state index in [4.69, 9.17) is 11.5 Å². The molecule has 0 unspecified atom stereocenters. The molecule has 1 rings (SSSR count). The van der Waals surface area contributed by atoms with E-state index in [1.165, 1.54) is 6.07 Å². The third kappa shape index (κ3) is 3.00. The number of benzene rings is 1. The number of rotatable bonds is 1. The SMILES string of the molecule is CC(C)(C)[C@@H](N)c1cc(F)cc(N)c1O.Cl. The highest BCUT2D eigenvalue weighted by Crippen LogP contribution is 2.38. The molecule has 0 amide bonds. The van der Waals surface area contributed by atoms with Crippen LogP contribution >= 0.6 is 12.4 Å². The van der Waals surface area contributed by atoms with Crippen LogP contribution in [0.3, 0.4) is 0 Å². The maximum atomic E-state index is 13.1. The third-order valence-electron chi connectivity index (χ3n) is 2.40. The minimum atomic E-state index is -0.486. The van der Waals surface area contributed by atoms with Gasteiger partial charge in [0.05, 0.1) is 5.69 Å². The first kappa shape index (κ1) is 15.0. The second kappa shape index (κ2) is 4.89. The molecule has 0 aromatic heterocycles. The van der Waals surface area contributed by atoms with Crippen molar-refractivity contribution >= 4 is 18.1 Å². The Morgan fingerprint density at radius 1 is 1.31 bits per heavy atom. The number of phenolic OH excluding ortho intramolecular Hbond substituents is 1. The van der Waals surface area contributed by atoms with E-state index in [2.05, 4.69) is 0 Å². The molecule has 5 N–H and O–H groups in total. The van der Waals surface area contributed by atoms with Gasteiger partial charge in [-0.2, -0.15) is 0 Å². The predicted molar refractivity (Wildman–Crippen MR) is 66.1 cm³/mol. The summed E-state index contributed by atoms with van der Waals surface area (Å²) in [6.07, 6.45) is 0. The zero-order valence-corrected chi connectivity index (χ0v) is 10.4.